The number of hydrogen-bond acceptors (Lipinski definition) is 4. The van der Waals surface area contributed by atoms with Crippen LogP contribution >= 0.6 is 0 Å². The quantitative estimate of drug-likeness (QED) is 0.850. The molecule has 1 aromatic heterocycles. The number of hydrogen-bond donors (Lipinski definition) is 1. The van der Waals surface area contributed by atoms with E-state index in [2.05, 4.69) is 4.90 Å². The lowest BCUT2D eigenvalue weighted by Gasteiger charge is -2.49. The average Bonchev–Trinajstić information content (AvgIpc) is 2.93. The zero-order chi connectivity index (χ0) is 13.7. The Hall–Kier alpha value is -1.65. The van der Waals surface area contributed by atoms with Gasteiger partial charge in [0.1, 0.15) is 16.9 Å². The molecular formula is C16H17NO3. The van der Waals surface area contributed by atoms with Crippen molar-refractivity contribution in [2.75, 3.05) is 19.6 Å². The van der Waals surface area contributed by atoms with Gasteiger partial charge < -0.3 is 9.52 Å². The monoisotopic (exact) mass is 271 g/mol. The third-order valence-corrected chi connectivity index (χ3v) is 4.86. The standard InChI is InChI=1S/C16H17NO3/c18-9-12-3-1-2-11-8-14(20-15(11)12)16(19)10-17-6-4-13(16)5-7-17/h1-3,8-9,13,19H,4-7,10H2. The fourth-order valence-electron chi connectivity index (χ4n) is 3.71. The number of piperidine rings is 3. The van der Waals surface area contributed by atoms with Crippen LogP contribution in [0.4, 0.5) is 0 Å². The highest BCUT2D eigenvalue weighted by molar-refractivity contribution is 5.94. The summed E-state index contributed by atoms with van der Waals surface area (Å²) in [5, 5.41) is 12.0. The summed E-state index contributed by atoms with van der Waals surface area (Å²) >= 11 is 0. The Morgan fingerprint density at radius 2 is 2.15 bits per heavy atom. The van der Waals surface area contributed by atoms with Gasteiger partial charge in [0, 0.05) is 11.9 Å². The van der Waals surface area contributed by atoms with Crippen LogP contribution in [0.3, 0.4) is 0 Å². The molecule has 1 N–H and O–H groups in total. The third kappa shape index (κ3) is 1.58. The maximum Gasteiger partial charge on any atom is 0.153 e. The van der Waals surface area contributed by atoms with E-state index in [1.165, 1.54) is 0 Å². The Labute approximate surface area is 117 Å². The number of carbonyl (C=O) groups excluding carboxylic acids is 1. The van der Waals surface area contributed by atoms with Crippen LogP contribution in [0.5, 0.6) is 0 Å². The van der Waals surface area contributed by atoms with Crippen molar-refractivity contribution in [1.82, 2.24) is 4.90 Å². The SMILES string of the molecule is O=Cc1cccc2cc(C3(O)CN4CCC3CC4)oc12. The molecule has 3 aliphatic rings. The van der Waals surface area contributed by atoms with Gasteiger partial charge in [-0.3, -0.25) is 9.69 Å². The molecule has 1 aromatic carbocycles. The maximum atomic E-state index is 11.1. The van der Waals surface area contributed by atoms with E-state index >= 15 is 0 Å². The number of para-hydroxylation sites is 1. The largest absolute Gasteiger partial charge is 0.457 e. The molecule has 1 atom stereocenters. The van der Waals surface area contributed by atoms with Crippen molar-refractivity contribution in [3.05, 3.63) is 35.6 Å². The van der Waals surface area contributed by atoms with E-state index in [0.717, 1.165) is 37.6 Å². The van der Waals surface area contributed by atoms with E-state index in [-0.39, 0.29) is 5.92 Å². The molecule has 0 aliphatic carbocycles. The molecule has 104 valence electrons. The van der Waals surface area contributed by atoms with Crippen molar-refractivity contribution in [2.45, 2.75) is 18.4 Å². The molecule has 4 nitrogen and oxygen atoms in total. The second-order valence-corrected chi connectivity index (χ2v) is 5.97. The molecule has 20 heavy (non-hydrogen) atoms. The summed E-state index contributed by atoms with van der Waals surface area (Å²) < 4.78 is 5.88. The van der Waals surface area contributed by atoms with Crippen LogP contribution in [0.15, 0.2) is 28.7 Å². The Kier molecular flexibility index (Phi) is 2.53. The van der Waals surface area contributed by atoms with E-state index in [4.69, 9.17) is 4.42 Å². The normalized spacial score (nSPS) is 32.6. The van der Waals surface area contributed by atoms with Crippen LogP contribution in [0.25, 0.3) is 11.0 Å². The van der Waals surface area contributed by atoms with Gasteiger partial charge in [-0.2, -0.15) is 0 Å². The number of benzene rings is 1. The fraction of sp³-hybridized carbons (Fsp3) is 0.438. The van der Waals surface area contributed by atoms with Gasteiger partial charge in [-0.25, -0.2) is 0 Å². The minimum atomic E-state index is -0.907. The number of aldehydes is 1. The van der Waals surface area contributed by atoms with Gasteiger partial charge in [-0.15, -0.1) is 0 Å². The molecule has 3 saturated heterocycles. The minimum Gasteiger partial charge on any atom is -0.457 e. The number of rotatable bonds is 2. The Morgan fingerprint density at radius 3 is 2.80 bits per heavy atom. The molecule has 3 aliphatic heterocycles. The molecule has 2 aromatic rings. The van der Waals surface area contributed by atoms with Crippen LogP contribution < -0.4 is 0 Å². The van der Waals surface area contributed by atoms with Crippen LogP contribution in [0, 0.1) is 5.92 Å². The Morgan fingerprint density at radius 1 is 1.35 bits per heavy atom. The smallest absolute Gasteiger partial charge is 0.153 e. The van der Waals surface area contributed by atoms with Crippen molar-refractivity contribution in [3.8, 4) is 0 Å². The van der Waals surface area contributed by atoms with E-state index in [1.807, 2.05) is 18.2 Å². The lowest BCUT2D eigenvalue weighted by molar-refractivity contribution is -0.128. The zero-order valence-corrected chi connectivity index (χ0v) is 11.2. The molecule has 2 bridgehead atoms. The first kappa shape index (κ1) is 12.1. The van der Waals surface area contributed by atoms with Gasteiger partial charge in [0.2, 0.25) is 0 Å². The predicted octanol–water partition coefficient (Wildman–Crippen LogP) is 2.16. The van der Waals surface area contributed by atoms with Gasteiger partial charge in [0.25, 0.3) is 0 Å². The summed E-state index contributed by atoms with van der Waals surface area (Å²) in [5.41, 5.74) is 0.219. The Bertz CT molecular complexity index is 669. The van der Waals surface area contributed by atoms with Gasteiger partial charge >= 0.3 is 0 Å². The summed E-state index contributed by atoms with van der Waals surface area (Å²) in [6, 6.07) is 7.39. The fourth-order valence-corrected chi connectivity index (χ4v) is 3.71. The highest BCUT2D eigenvalue weighted by Gasteiger charge is 2.48. The lowest BCUT2D eigenvalue weighted by Crippen LogP contribution is -2.56. The van der Waals surface area contributed by atoms with Crippen LogP contribution in [-0.2, 0) is 5.60 Å². The number of aliphatic hydroxyl groups is 1. The van der Waals surface area contributed by atoms with Gasteiger partial charge in [-0.1, -0.05) is 12.1 Å². The summed E-state index contributed by atoms with van der Waals surface area (Å²) in [5.74, 6) is 0.865. The molecule has 5 rings (SSSR count). The molecular weight excluding hydrogens is 254 g/mol. The van der Waals surface area contributed by atoms with Crippen molar-refractivity contribution in [1.29, 1.82) is 0 Å². The molecule has 3 fully saturated rings. The number of fused-ring (bicyclic) bond motifs is 4. The average molecular weight is 271 g/mol. The third-order valence-electron chi connectivity index (χ3n) is 4.86. The second-order valence-electron chi connectivity index (χ2n) is 5.97. The first-order valence-electron chi connectivity index (χ1n) is 7.14. The highest BCUT2D eigenvalue weighted by atomic mass is 16.4. The lowest BCUT2D eigenvalue weighted by atomic mass is 9.74. The molecule has 4 heterocycles. The summed E-state index contributed by atoms with van der Waals surface area (Å²) in [6.45, 7) is 2.76. The minimum absolute atomic E-state index is 0.257. The van der Waals surface area contributed by atoms with Crippen LogP contribution in [0.1, 0.15) is 29.0 Å². The summed E-state index contributed by atoms with van der Waals surface area (Å²) in [7, 11) is 0. The second kappa shape index (κ2) is 4.17. The van der Waals surface area contributed by atoms with Crippen LogP contribution in [-0.4, -0.2) is 35.9 Å². The van der Waals surface area contributed by atoms with E-state index in [1.54, 1.807) is 6.07 Å². The van der Waals surface area contributed by atoms with Crippen molar-refractivity contribution < 1.29 is 14.3 Å². The van der Waals surface area contributed by atoms with E-state index < -0.39 is 5.60 Å². The van der Waals surface area contributed by atoms with Gasteiger partial charge in [0.15, 0.2) is 6.29 Å². The van der Waals surface area contributed by atoms with E-state index in [9.17, 15) is 9.90 Å². The zero-order valence-electron chi connectivity index (χ0n) is 11.2. The predicted molar refractivity (Wildman–Crippen MR) is 74.7 cm³/mol. The van der Waals surface area contributed by atoms with Crippen molar-refractivity contribution in [2.24, 2.45) is 5.92 Å². The number of carbonyl (C=O) groups is 1. The molecule has 0 saturated carbocycles. The number of nitrogens with zero attached hydrogens (tertiary/aromatic N) is 1. The summed E-state index contributed by atoms with van der Waals surface area (Å²) in [6.07, 6.45) is 2.82. The highest BCUT2D eigenvalue weighted by Crippen LogP contribution is 2.44. The molecule has 1 unspecified atom stereocenters. The van der Waals surface area contributed by atoms with Crippen LogP contribution in [0.2, 0.25) is 0 Å². The molecule has 4 heteroatoms. The molecule has 0 amide bonds. The van der Waals surface area contributed by atoms with Crippen molar-refractivity contribution >= 4 is 17.3 Å². The van der Waals surface area contributed by atoms with Gasteiger partial charge in [0.05, 0.1) is 5.56 Å². The van der Waals surface area contributed by atoms with E-state index in [0.29, 0.717) is 23.5 Å². The van der Waals surface area contributed by atoms with Gasteiger partial charge in [-0.05, 0) is 44.0 Å². The summed E-state index contributed by atoms with van der Waals surface area (Å²) in [4.78, 5) is 13.4. The molecule has 0 radical (unpaired) electrons. The maximum absolute atomic E-state index is 11.1. The first-order valence-corrected chi connectivity index (χ1v) is 7.14. The van der Waals surface area contributed by atoms with Crippen molar-refractivity contribution in [3.63, 3.8) is 0 Å². The number of furan rings is 1. The Balaban J connectivity index is 1.84. The first-order chi connectivity index (χ1) is 9.70. The topological polar surface area (TPSA) is 53.7 Å². The molecule has 0 spiro atoms.